The Morgan fingerprint density at radius 2 is 1.07 bits per heavy atom. The molecule has 16 nitrogen and oxygen atoms in total. The third kappa shape index (κ3) is 16.5. The molecule has 2 aliphatic carbocycles. The number of ether oxygens (including phenoxy) is 3. The van der Waals surface area contributed by atoms with Crippen LogP contribution in [0.2, 0.25) is 0 Å². The smallest absolute Gasteiger partial charge is 0.475 e. The third-order valence-electron chi connectivity index (χ3n) is 13.6. The number of anilines is 1. The molecule has 0 spiro atoms. The molecule has 8 N–H and O–H groups in total. The fourth-order valence-electron chi connectivity index (χ4n) is 9.83. The molecule has 6 atom stereocenters. The van der Waals surface area contributed by atoms with Crippen LogP contribution in [0.4, 0.5) is 5.69 Å². The molecular weight excluding hydrogens is 928 g/mol. The molecule has 18 heteroatoms. The van der Waals surface area contributed by atoms with Gasteiger partial charge in [-0.1, -0.05) is 100 Å². The Morgan fingerprint density at radius 1 is 0.589 bits per heavy atom. The van der Waals surface area contributed by atoms with E-state index < -0.39 is 50.0 Å². The summed E-state index contributed by atoms with van der Waals surface area (Å²) in [6, 6.07) is 25.4. The van der Waals surface area contributed by atoms with Gasteiger partial charge >= 0.3 is 14.2 Å². The van der Waals surface area contributed by atoms with E-state index in [9.17, 15) is 39.3 Å². The van der Waals surface area contributed by atoms with E-state index in [0.717, 1.165) is 40.8 Å². The minimum atomic E-state index is -1.70. The number of hydrogen-bond acceptors (Lipinski definition) is 12. The number of amides is 4. The predicted octanol–water partition coefficient (Wildman–Crippen LogP) is 4.22. The van der Waals surface area contributed by atoms with Crippen molar-refractivity contribution in [2.45, 2.75) is 116 Å². The largest absolute Gasteiger partial charge is 0.493 e. The monoisotopic (exact) mass is 1010 g/mol. The van der Waals surface area contributed by atoms with Gasteiger partial charge in [-0.2, -0.15) is 0 Å². The van der Waals surface area contributed by atoms with E-state index in [1.165, 1.54) is 11.1 Å². The standard InChI is InChI=1S/C28H39BN2O7.C27H38BN3O4/c1-17(2)13-24(29(34)35)31-28(33)22(14-18-9-7-6-8-10-18)30-27(32)19-11-12-21-20(15-19)16-23(36-3)26(38-5)25(21)37-4;1-18(2)15-25(28(34)35)30-27(33)23(16-19-9-6-5-7-10-19)29-26(32)21-14-13-20-11-8-12-24(31(3)4)22(20)17-21/h6-10,16-17,19,22,24,34-35H,11-15H2,1-5H3,(H,30,32)(H,31,33);5-12,18,21,23,25,34-35H,13-17H2,1-4H3,(H,29,32)(H,30,33)/t19?,22-,24-;21?,23-,25-/m00/s1. The van der Waals surface area contributed by atoms with Crippen molar-refractivity contribution in [2.24, 2.45) is 23.7 Å². The van der Waals surface area contributed by atoms with Crippen LogP contribution in [-0.2, 0) is 57.7 Å². The molecule has 394 valence electrons. The molecule has 4 aromatic carbocycles. The number of fused-ring (bicyclic) bond motifs is 2. The SMILES string of the molecule is CC(C)C[C@H](NC(=O)[C@H](Cc1ccccc1)NC(=O)C1CCc2cccc(N(C)C)c2C1)B(O)O.COc1cc2c(c(OC)c1OC)CCC(C(=O)N[C@@H](Cc1ccccc1)C(=O)N[C@@H](CC(C)C)B(O)O)C2. The fourth-order valence-corrected chi connectivity index (χ4v) is 9.83. The van der Waals surface area contributed by atoms with Crippen LogP contribution in [-0.4, -0.2) is 117 Å². The Labute approximate surface area is 432 Å². The van der Waals surface area contributed by atoms with Gasteiger partial charge in [-0.3, -0.25) is 19.2 Å². The number of methoxy groups -OCH3 is 3. The molecular formula is C55H77B2N5O11. The van der Waals surface area contributed by atoms with Crippen molar-refractivity contribution >= 4 is 43.6 Å². The number of carbonyl (C=O) groups is 4. The van der Waals surface area contributed by atoms with Crippen molar-refractivity contribution < 1.29 is 53.5 Å². The Bertz CT molecular complexity index is 2430. The van der Waals surface area contributed by atoms with E-state index in [1.54, 1.807) is 21.3 Å². The highest BCUT2D eigenvalue weighted by atomic mass is 16.5. The first-order valence-corrected chi connectivity index (χ1v) is 25.4. The molecule has 6 rings (SSSR count). The van der Waals surface area contributed by atoms with Gasteiger partial charge in [0, 0.05) is 50.0 Å². The second kappa shape index (κ2) is 27.8. The van der Waals surface area contributed by atoms with Gasteiger partial charge in [-0.15, -0.1) is 0 Å². The summed E-state index contributed by atoms with van der Waals surface area (Å²) in [6.07, 6.45) is 5.22. The Morgan fingerprint density at radius 3 is 1.51 bits per heavy atom. The quantitative estimate of drug-likeness (QED) is 0.0519. The number of hydrogen-bond donors (Lipinski definition) is 8. The normalized spacial score (nSPS) is 16.4. The topological polar surface area (TPSA) is 228 Å². The van der Waals surface area contributed by atoms with Gasteiger partial charge < -0.3 is 60.5 Å². The average Bonchev–Trinajstić information content (AvgIpc) is 3.36. The van der Waals surface area contributed by atoms with Crippen molar-refractivity contribution in [2.75, 3.05) is 40.3 Å². The van der Waals surface area contributed by atoms with Crippen molar-refractivity contribution in [1.82, 2.24) is 21.3 Å². The fraction of sp³-hybridized carbons (Fsp3) is 0.491. The highest BCUT2D eigenvalue weighted by Crippen LogP contribution is 2.45. The Balaban J connectivity index is 0.000000272. The van der Waals surface area contributed by atoms with Crippen LogP contribution >= 0.6 is 0 Å². The van der Waals surface area contributed by atoms with Gasteiger partial charge in [0.25, 0.3) is 0 Å². The maximum Gasteiger partial charge on any atom is 0.475 e. The minimum Gasteiger partial charge on any atom is -0.493 e. The lowest BCUT2D eigenvalue weighted by Gasteiger charge is -2.30. The summed E-state index contributed by atoms with van der Waals surface area (Å²) >= 11 is 0. The van der Waals surface area contributed by atoms with Gasteiger partial charge in [-0.25, -0.2) is 0 Å². The van der Waals surface area contributed by atoms with E-state index >= 15 is 0 Å². The highest BCUT2D eigenvalue weighted by Gasteiger charge is 2.36. The summed E-state index contributed by atoms with van der Waals surface area (Å²) in [5.74, 6) is -1.50. The second-order valence-electron chi connectivity index (χ2n) is 20.3. The molecule has 0 heterocycles. The molecule has 2 aliphatic rings. The molecule has 0 saturated heterocycles. The molecule has 4 aromatic rings. The summed E-state index contributed by atoms with van der Waals surface area (Å²) in [4.78, 5) is 55.5. The van der Waals surface area contributed by atoms with Crippen molar-refractivity contribution in [3.63, 3.8) is 0 Å². The first-order chi connectivity index (χ1) is 34.8. The highest BCUT2D eigenvalue weighted by molar-refractivity contribution is 6.44. The van der Waals surface area contributed by atoms with Crippen LogP contribution in [0.1, 0.15) is 86.8 Å². The van der Waals surface area contributed by atoms with Gasteiger partial charge in [0.2, 0.25) is 29.4 Å². The van der Waals surface area contributed by atoms with Gasteiger partial charge in [0.1, 0.15) is 12.1 Å². The summed E-state index contributed by atoms with van der Waals surface area (Å²) in [5.41, 5.74) is 7.31. The summed E-state index contributed by atoms with van der Waals surface area (Å²) < 4.78 is 16.6. The van der Waals surface area contributed by atoms with Crippen LogP contribution in [0.5, 0.6) is 17.2 Å². The van der Waals surface area contributed by atoms with Gasteiger partial charge in [-0.05, 0) is 103 Å². The van der Waals surface area contributed by atoms with Crippen LogP contribution in [0.3, 0.4) is 0 Å². The average molecular weight is 1010 g/mol. The number of aryl methyl sites for hydroxylation is 1. The molecule has 0 saturated carbocycles. The lowest BCUT2D eigenvalue weighted by atomic mass is 9.75. The second-order valence-corrected chi connectivity index (χ2v) is 20.3. The van der Waals surface area contributed by atoms with Crippen LogP contribution in [0.25, 0.3) is 0 Å². The van der Waals surface area contributed by atoms with Crippen molar-refractivity contribution in [3.05, 3.63) is 118 Å². The van der Waals surface area contributed by atoms with Crippen molar-refractivity contribution in [1.29, 1.82) is 0 Å². The summed E-state index contributed by atoms with van der Waals surface area (Å²) in [6.45, 7) is 7.78. The maximum atomic E-state index is 13.5. The van der Waals surface area contributed by atoms with E-state index in [2.05, 4.69) is 44.4 Å². The zero-order valence-corrected chi connectivity index (χ0v) is 44.0. The third-order valence-corrected chi connectivity index (χ3v) is 13.6. The van der Waals surface area contributed by atoms with E-state index in [4.69, 9.17) is 14.2 Å². The number of benzene rings is 4. The van der Waals surface area contributed by atoms with Gasteiger partial charge in [0.05, 0.1) is 33.2 Å². The zero-order chi connectivity index (χ0) is 53.4. The number of rotatable bonds is 22. The zero-order valence-electron chi connectivity index (χ0n) is 44.0. The van der Waals surface area contributed by atoms with Crippen molar-refractivity contribution in [3.8, 4) is 17.2 Å². The molecule has 2 unspecified atom stereocenters. The molecule has 0 aliphatic heterocycles. The molecule has 0 fully saturated rings. The Kier molecular flexibility index (Phi) is 22.0. The minimum absolute atomic E-state index is 0.138. The first kappa shape index (κ1) is 57.8. The van der Waals surface area contributed by atoms with Crippen LogP contribution < -0.4 is 40.4 Å². The molecule has 73 heavy (non-hydrogen) atoms. The van der Waals surface area contributed by atoms with Gasteiger partial charge in [0.15, 0.2) is 11.5 Å². The van der Waals surface area contributed by atoms with E-state index in [-0.39, 0.29) is 41.9 Å². The molecule has 0 radical (unpaired) electrons. The lowest BCUT2D eigenvalue weighted by molar-refractivity contribution is -0.131. The van der Waals surface area contributed by atoms with Crippen LogP contribution in [0, 0.1) is 23.7 Å². The molecule has 0 bridgehead atoms. The number of carbonyl (C=O) groups excluding carboxylic acids is 4. The predicted molar refractivity (Wildman–Crippen MR) is 285 cm³/mol. The summed E-state index contributed by atoms with van der Waals surface area (Å²) in [7, 11) is 5.33. The van der Waals surface area contributed by atoms with E-state index in [1.807, 2.05) is 109 Å². The summed E-state index contributed by atoms with van der Waals surface area (Å²) in [5, 5.41) is 50.6. The number of nitrogens with zero attached hydrogens (tertiary/aromatic N) is 1. The molecule has 4 amide bonds. The molecule has 0 aromatic heterocycles. The van der Waals surface area contributed by atoms with Crippen LogP contribution in [0.15, 0.2) is 84.9 Å². The Hall–Kier alpha value is -6.07. The van der Waals surface area contributed by atoms with E-state index in [0.29, 0.717) is 62.2 Å². The lowest BCUT2D eigenvalue weighted by Crippen LogP contribution is -2.55. The number of nitrogens with one attached hydrogen (secondary N) is 4. The first-order valence-electron chi connectivity index (χ1n) is 25.4. The maximum absolute atomic E-state index is 13.5.